The maximum absolute atomic E-state index is 12.1. The fourth-order valence-corrected chi connectivity index (χ4v) is 1.56. The van der Waals surface area contributed by atoms with Gasteiger partial charge in [0.05, 0.1) is 18.2 Å². The molecule has 3 N–H and O–H groups in total. The minimum Gasteiger partial charge on any atom is -0.394 e. The molecule has 0 heterocycles. The molecule has 0 aliphatic heterocycles. The highest BCUT2D eigenvalue weighted by Gasteiger charge is 2.13. The number of carbonyl (C=O) groups is 1. The maximum Gasteiger partial charge on any atom is 0.253 e. The van der Waals surface area contributed by atoms with Crippen LogP contribution in [-0.2, 0) is 0 Å². The van der Waals surface area contributed by atoms with E-state index in [9.17, 15) is 4.79 Å². The van der Waals surface area contributed by atoms with E-state index in [0.717, 1.165) is 5.69 Å². The number of nitrogens with one attached hydrogen (secondary N) is 2. The summed E-state index contributed by atoms with van der Waals surface area (Å²) in [4.78, 5) is 12.1. The molecule has 0 spiro atoms. The number of hydrogen-bond donors (Lipinski definition) is 3. The zero-order valence-electron chi connectivity index (χ0n) is 10.6. The van der Waals surface area contributed by atoms with Gasteiger partial charge in [0.1, 0.15) is 0 Å². The lowest BCUT2D eigenvalue weighted by Gasteiger charge is -2.16. The summed E-state index contributed by atoms with van der Waals surface area (Å²) in [5.41, 5.74) is 1.34. The van der Waals surface area contributed by atoms with Crippen LogP contribution in [0.3, 0.4) is 0 Å². The number of aliphatic hydroxyl groups is 1. The molecular formula is C14H20N2O2. The van der Waals surface area contributed by atoms with Crippen molar-refractivity contribution in [1.82, 2.24) is 5.32 Å². The number of anilines is 1. The first-order valence-electron chi connectivity index (χ1n) is 6.08. The minimum atomic E-state index is -0.204. The Bertz CT molecular complexity index is 401. The van der Waals surface area contributed by atoms with E-state index in [-0.39, 0.29) is 18.6 Å². The zero-order valence-corrected chi connectivity index (χ0v) is 10.6. The van der Waals surface area contributed by atoms with Crippen LogP contribution in [0.5, 0.6) is 0 Å². The van der Waals surface area contributed by atoms with Gasteiger partial charge in [-0.25, -0.2) is 0 Å². The molecule has 4 heteroatoms. The second-order valence-electron chi connectivity index (χ2n) is 3.98. The number of para-hydroxylation sites is 1. The standard InChI is InChI=1S/C14H20N2O2/c1-3-9-15-13-8-6-5-7-12(13)14(18)16-11(4-2)10-17/h3,5-8,11,15,17H,1,4,9-10H2,2H3,(H,16,18)/t11-/m0/s1. The number of hydrogen-bond acceptors (Lipinski definition) is 3. The molecule has 0 unspecified atom stereocenters. The Morgan fingerprint density at radius 1 is 1.50 bits per heavy atom. The number of carbonyl (C=O) groups excluding carboxylic acids is 1. The number of amides is 1. The highest BCUT2D eigenvalue weighted by molar-refractivity contribution is 5.99. The van der Waals surface area contributed by atoms with E-state index in [1.807, 2.05) is 25.1 Å². The molecule has 98 valence electrons. The first-order chi connectivity index (χ1) is 8.72. The van der Waals surface area contributed by atoms with Crippen LogP contribution in [0.15, 0.2) is 36.9 Å². The van der Waals surface area contributed by atoms with Gasteiger partial charge in [-0.15, -0.1) is 6.58 Å². The summed E-state index contributed by atoms with van der Waals surface area (Å²) in [5.74, 6) is -0.178. The topological polar surface area (TPSA) is 61.4 Å². The van der Waals surface area contributed by atoms with E-state index < -0.39 is 0 Å². The van der Waals surface area contributed by atoms with Gasteiger partial charge in [0.15, 0.2) is 0 Å². The third-order valence-electron chi connectivity index (χ3n) is 2.66. The van der Waals surface area contributed by atoms with Gasteiger partial charge in [-0.05, 0) is 18.6 Å². The zero-order chi connectivity index (χ0) is 13.4. The van der Waals surface area contributed by atoms with Crippen LogP contribution < -0.4 is 10.6 Å². The molecule has 0 aromatic heterocycles. The molecular weight excluding hydrogens is 228 g/mol. The second kappa shape index (κ2) is 7.50. The van der Waals surface area contributed by atoms with Crippen molar-refractivity contribution in [3.63, 3.8) is 0 Å². The maximum atomic E-state index is 12.1. The van der Waals surface area contributed by atoms with Gasteiger partial charge >= 0.3 is 0 Å². The van der Waals surface area contributed by atoms with E-state index in [4.69, 9.17) is 5.11 Å². The van der Waals surface area contributed by atoms with Gasteiger partial charge in [-0.3, -0.25) is 4.79 Å². The molecule has 4 nitrogen and oxygen atoms in total. The van der Waals surface area contributed by atoms with Crippen molar-refractivity contribution in [2.75, 3.05) is 18.5 Å². The third kappa shape index (κ3) is 3.89. The summed E-state index contributed by atoms with van der Waals surface area (Å²) in [6.07, 6.45) is 2.43. The minimum absolute atomic E-state index is 0.0511. The molecule has 18 heavy (non-hydrogen) atoms. The Hall–Kier alpha value is -1.81. The molecule has 0 saturated heterocycles. The van der Waals surface area contributed by atoms with Crippen LogP contribution in [0.1, 0.15) is 23.7 Å². The smallest absolute Gasteiger partial charge is 0.253 e. The average Bonchev–Trinajstić information content (AvgIpc) is 2.42. The highest BCUT2D eigenvalue weighted by atomic mass is 16.3. The molecule has 0 saturated carbocycles. The van der Waals surface area contributed by atoms with Crippen molar-refractivity contribution in [2.24, 2.45) is 0 Å². The highest BCUT2D eigenvalue weighted by Crippen LogP contribution is 2.14. The van der Waals surface area contributed by atoms with Crippen molar-refractivity contribution in [2.45, 2.75) is 19.4 Å². The molecule has 0 aliphatic rings. The summed E-state index contributed by atoms with van der Waals surface area (Å²) in [6, 6.07) is 7.08. The van der Waals surface area contributed by atoms with Crippen LogP contribution >= 0.6 is 0 Å². The van der Waals surface area contributed by atoms with E-state index in [2.05, 4.69) is 17.2 Å². The fourth-order valence-electron chi connectivity index (χ4n) is 1.56. The van der Waals surface area contributed by atoms with Crippen molar-refractivity contribution < 1.29 is 9.90 Å². The Labute approximate surface area is 108 Å². The molecule has 0 bridgehead atoms. The predicted molar refractivity (Wildman–Crippen MR) is 73.8 cm³/mol. The van der Waals surface area contributed by atoms with Crippen molar-refractivity contribution in [1.29, 1.82) is 0 Å². The summed E-state index contributed by atoms with van der Waals surface area (Å²) in [7, 11) is 0. The molecule has 0 fully saturated rings. The number of aliphatic hydroxyl groups excluding tert-OH is 1. The largest absolute Gasteiger partial charge is 0.394 e. The Balaban J connectivity index is 2.80. The van der Waals surface area contributed by atoms with E-state index in [1.54, 1.807) is 12.1 Å². The van der Waals surface area contributed by atoms with E-state index >= 15 is 0 Å². The molecule has 0 aliphatic carbocycles. The second-order valence-corrected chi connectivity index (χ2v) is 3.98. The van der Waals surface area contributed by atoms with Crippen LogP contribution in [0, 0.1) is 0 Å². The monoisotopic (exact) mass is 248 g/mol. The van der Waals surface area contributed by atoms with Gasteiger partial charge in [0, 0.05) is 12.2 Å². The summed E-state index contributed by atoms with van der Waals surface area (Å²) < 4.78 is 0. The van der Waals surface area contributed by atoms with Crippen molar-refractivity contribution in [3.8, 4) is 0 Å². The average molecular weight is 248 g/mol. The first kappa shape index (κ1) is 14.3. The van der Waals surface area contributed by atoms with Crippen molar-refractivity contribution in [3.05, 3.63) is 42.5 Å². The molecule has 1 aromatic carbocycles. The molecule has 1 amide bonds. The van der Waals surface area contributed by atoms with Crippen LogP contribution in [0.2, 0.25) is 0 Å². The van der Waals surface area contributed by atoms with E-state index in [1.165, 1.54) is 0 Å². The SMILES string of the molecule is C=CCNc1ccccc1C(=O)N[C@@H](CC)CO. The Kier molecular flexibility index (Phi) is 5.94. The van der Waals surface area contributed by atoms with Crippen LogP contribution in [-0.4, -0.2) is 30.2 Å². The molecule has 1 rings (SSSR count). The van der Waals surface area contributed by atoms with Crippen molar-refractivity contribution >= 4 is 11.6 Å². The lowest BCUT2D eigenvalue weighted by Crippen LogP contribution is -2.37. The van der Waals surface area contributed by atoms with E-state index in [0.29, 0.717) is 18.5 Å². The van der Waals surface area contributed by atoms with Crippen LogP contribution in [0.25, 0.3) is 0 Å². The lowest BCUT2D eigenvalue weighted by molar-refractivity contribution is 0.0916. The van der Waals surface area contributed by atoms with Gasteiger partial charge in [-0.2, -0.15) is 0 Å². The van der Waals surface area contributed by atoms with Gasteiger partial charge in [-0.1, -0.05) is 25.1 Å². The third-order valence-corrected chi connectivity index (χ3v) is 2.66. The number of rotatable bonds is 7. The lowest BCUT2D eigenvalue weighted by atomic mass is 10.1. The first-order valence-corrected chi connectivity index (χ1v) is 6.08. The number of benzene rings is 1. The molecule has 0 radical (unpaired) electrons. The normalized spacial score (nSPS) is 11.7. The quantitative estimate of drug-likeness (QED) is 0.645. The fraction of sp³-hybridized carbons (Fsp3) is 0.357. The molecule has 1 atom stereocenters. The van der Waals surface area contributed by atoms with Gasteiger partial charge in [0.2, 0.25) is 0 Å². The predicted octanol–water partition coefficient (Wildman–Crippen LogP) is 1.79. The summed E-state index contributed by atoms with van der Waals surface area (Å²) in [6.45, 7) is 6.10. The molecule has 1 aromatic rings. The van der Waals surface area contributed by atoms with Crippen LogP contribution in [0.4, 0.5) is 5.69 Å². The Morgan fingerprint density at radius 3 is 2.83 bits per heavy atom. The Morgan fingerprint density at radius 2 is 2.22 bits per heavy atom. The van der Waals surface area contributed by atoms with Gasteiger partial charge in [0.25, 0.3) is 5.91 Å². The van der Waals surface area contributed by atoms with Gasteiger partial charge < -0.3 is 15.7 Å². The summed E-state index contributed by atoms with van der Waals surface area (Å²) in [5, 5.41) is 15.0. The summed E-state index contributed by atoms with van der Waals surface area (Å²) >= 11 is 0.